The van der Waals surface area contributed by atoms with Gasteiger partial charge in [-0.15, -0.1) is 11.3 Å². The summed E-state index contributed by atoms with van der Waals surface area (Å²) in [5.41, 5.74) is 1.83. The molecule has 0 aliphatic carbocycles. The van der Waals surface area contributed by atoms with E-state index < -0.39 is 11.9 Å². The Hall–Kier alpha value is -2.16. The second kappa shape index (κ2) is 4.99. The summed E-state index contributed by atoms with van der Waals surface area (Å²) >= 11 is 1.45. The van der Waals surface area contributed by atoms with Crippen LogP contribution in [0, 0.1) is 0 Å². The molecular formula is C12H10F3N5S. The second-order valence-corrected chi connectivity index (χ2v) is 5.13. The number of nitrogens with zero attached hydrogens (tertiary/aromatic N) is 4. The fourth-order valence-corrected chi connectivity index (χ4v) is 2.53. The molecule has 5 nitrogen and oxygen atoms in total. The van der Waals surface area contributed by atoms with Crippen LogP contribution in [0.15, 0.2) is 29.4 Å². The average Bonchev–Trinajstić information content (AvgIpc) is 3.07. The first-order valence-electron chi connectivity index (χ1n) is 6.01. The van der Waals surface area contributed by atoms with Crippen molar-refractivity contribution in [3.63, 3.8) is 0 Å². The molecule has 1 unspecified atom stereocenters. The molecule has 0 aromatic carbocycles. The monoisotopic (exact) mass is 313 g/mol. The maximum Gasteiger partial charge on any atom is 0.435 e. The van der Waals surface area contributed by atoms with Gasteiger partial charge < -0.3 is 5.32 Å². The largest absolute Gasteiger partial charge is 0.435 e. The predicted molar refractivity (Wildman–Crippen MR) is 72.1 cm³/mol. The SMILES string of the molecule is CC(Nc1nccn2nc(C(F)(F)F)cc12)c1cscn1. The van der Waals surface area contributed by atoms with Gasteiger partial charge in [0.25, 0.3) is 0 Å². The molecule has 3 aromatic heterocycles. The third-order valence-electron chi connectivity index (χ3n) is 2.93. The molecule has 3 rings (SSSR count). The maximum absolute atomic E-state index is 12.7. The van der Waals surface area contributed by atoms with E-state index in [9.17, 15) is 13.2 Å². The summed E-state index contributed by atoms with van der Waals surface area (Å²) in [4.78, 5) is 8.25. The third-order valence-corrected chi connectivity index (χ3v) is 3.53. The molecule has 9 heteroatoms. The van der Waals surface area contributed by atoms with Crippen LogP contribution < -0.4 is 5.32 Å². The first-order valence-corrected chi connectivity index (χ1v) is 6.95. The average molecular weight is 313 g/mol. The number of halogens is 3. The van der Waals surface area contributed by atoms with Crippen molar-refractivity contribution in [3.05, 3.63) is 40.7 Å². The molecule has 0 amide bonds. The van der Waals surface area contributed by atoms with Crippen molar-refractivity contribution in [1.29, 1.82) is 0 Å². The Bertz CT molecular complexity index is 750. The topological polar surface area (TPSA) is 55.1 Å². The minimum absolute atomic E-state index is 0.167. The van der Waals surface area contributed by atoms with E-state index in [0.29, 0.717) is 5.82 Å². The van der Waals surface area contributed by atoms with Gasteiger partial charge in [-0.25, -0.2) is 14.5 Å². The van der Waals surface area contributed by atoms with Gasteiger partial charge in [0, 0.05) is 23.8 Å². The molecule has 3 heterocycles. The molecule has 0 aliphatic rings. The van der Waals surface area contributed by atoms with Gasteiger partial charge in [0.1, 0.15) is 5.52 Å². The van der Waals surface area contributed by atoms with Crippen LogP contribution in [0.1, 0.15) is 24.4 Å². The van der Waals surface area contributed by atoms with Gasteiger partial charge in [0.05, 0.1) is 17.2 Å². The van der Waals surface area contributed by atoms with Gasteiger partial charge >= 0.3 is 6.18 Å². The quantitative estimate of drug-likeness (QED) is 0.805. The number of hydrogen-bond acceptors (Lipinski definition) is 5. The lowest BCUT2D eigenvalue weighted by Gasteiger charge is -2.12. The van der Waals surface area contributed by atoms with Crippen molar-refractivity contribution >= 4 is 22.7 Å². The number of aromatic nitrogens is 4. The summed E-state index contributed by atoms with van der Waals surface area (Å²) in [5, 5.41) is 8.44. The fourth-order valence-electron chi connectivity index (χ4n) is 1.89. The lowest BCUT2D eigenvalue weighted by atomic mass is 10.2. The summed E-state index contributed by atoms with van der Waals surface area (Å²) in [6.07, 6.45) is -1.71. The Morgan fingerprint density at radius 1 is 1.33 bits per heavy atom. The molecule has 1 N–H and O–H groups in total. The number of hydrogen-bond donors (Lipinski definition) is 1. The van der Waals surface area contributed by atoms with Gasteiger partial charge in [-0.2, -0.15) is 18.3 Å². The molecule has 3 aromatic rings. The summed E-state index contributed by atoms with van der Waals surface area (Å²) in [6.45, 7) is 1.86. The van der Waals surface area contributed by atoms with Crippen LogP contribution in [0.4, 0.5) is 19.0 Å². The van der Waals surface area contributed by atoms with Crippen molar-refractivity contribution in [2.75, 3.05) is 5.32 Å². The van der Waals surface area contributed by atoms with Crippen molar-refractivity contribution in [2.45, 2.75) is 19.1 Å². The van der Waals surface area contributed by atoms with Crippen LogP contribution in [0.2, 0.25) is 0 Å². The van der Waals surface area contributed by atoms with Crippen LogP contribution >= 0.6 is 11.3 Å². The van der Waals surface area contributed by atoms with Crippen LogP contribution in [0.25, 0.3) is 5.52 Å². The molecular weight excluding hydrogens is 303 g/mol. The Labute approximate surface area is 121 Å². The van der Waals surface area contributed by atoms with E-state index in [-0.39, 0.29) is 11.6 Å². The van der Waals surface area contributed by atoms with E-state index in [1.165, 1.54) is 23.7 Å². The molecule has 0 spiro atoms. The van der Waals surface area contributed by atoms with E-state index in [2.05, 4.69) is 20.4 Å². The highest BCUT2D eigenvalue weighted by Crippen LogP contribution is 2.30. The van der Waals surface area contributed by atoms with Crippen molar-refractivity contribution < 1.29 is 13.2 Å². The van der Waals surface area contributed by atoms with E-state index >= 15 is 0 Å². The van der Waals surface area contributed by atoms with Crippen molar-refractivity contribution in [3.8, 4) is 0 Å². The molecule has 0 radical (unpaired) electrons. The molecule has 0 fully saturated rings. The summed E-state index contributed by atoms with van der Waals surface area (Å²) in [5.74, 6) is 0.334. The van der Waals surface area contributed by atoms with Crippen molar-refractivity contribution in [1.82, 2.24) is 19.6 Å². The normalized spacial score (nSPS) is 13.5. The number of thiazole rings is 1. The highest BCUT2D eigenvalue weighted by molar-refractivity contribution is 7.07. The molecule has 0 saturated carbocycles. The summed E-state index contributed by atoms with van der Waals surface area (Å²) in [7, 11) is 0. The highest BCUT2D eigenvalue weighted by Gasteiger charge is 2.34. The Kier molecular flexibility index (Phi) is 3.28. The zero-order valence-corrected chi connectivity index (χ0v) is 11.6. The Morgan fingerprint density at radius 3 is 2.81 bits per heavy atom. The van der Waals surface area contributed by atoms with Crippen LogP contribution in [-0.2, 0) is 6.18 Å². The van der Waals surface area contributed by atoms with E-state index in [1.54, 1.807) is 5.51 Å². The van der Waals surface area contributed by atoms with Crippen LogP contribution in [0.3, 0.4) is 0 Å². The minimum Gasteiger partial charge on any atom is -0.360 e. The van der Waals surface area contributed by atoms with Gasteiger partial charge in [-0.05, 0) is 6.92 Å². The molecule has 0 saturated heterocycles. The van der Waals surface area contributed by atoms with Crippen LogP contribution in [-0.4, -0.2) is 19.6 Å². The molecule has 1 atom stereocenters. The predicted octanol–water partition coefficient (Wildman–Crippen LogP) is 3.38. The van der Waals surface area contributed by atoms with Gasteiger partial charge in [-0.3, -0.25) is 0 Å². The number of alkyl halides is 3. The number of fused-ring (bicyclic) bond motifs is 1. The fraction of sp³-hybridized carbons (Fsp3) is 0.250. The first kappa shape index (κ1) is 13.8. The lowest BCUT2D eigenvalue weighted by molar-refractivity contribution is -0.141. The second-order valence-electron chi connectivity index (χ2n) is 4.41. The van der Waals surface area contributed by atoms with Crippen molar-refractivity contribution in [2.24, 2.45) is 0 Å². The maximum atomic E-state index is 12.7. The molecule has 21 heavy (non-hydrogen) atoms. The zero-order valence-electron chi connectivity index (χ0n) is 10.8. The minimum atomic E-state index is -4.48. The van der Waals surface area contributed by atoms with E-state index in [4.69, 9.17) is 0 Å². The smallest absolute Gasteiger partial charge is 0.360 e. The number of rotatable bonds is 3. The highest BCUT2D eigenvalue weighted by atomic mass is 32.1. The Balaban J connectivity index is 1.97. The molecule has 0 bridgehead atoms. The number of anilines is 1. The lowest BCUT2D eigenvalue weighted by Crippen LogP contribution is -2.09. The third kappa shape index (κ3) is 2.68. The molecule has 0 aliphatic heterocycles. The van der Waals surface area contributed by atoms with Gasteiger partial charge in [-0.1, -0.05) is 0 Å². The molecule has 110 valence electrons. The van der Waals surface area contributed by atoms with Gasteiger partial charge in [0.15, 0.2) is 11.5 Å². The van der Waals surface area contributed by atoms with E-state index in [1.807, 2.05) is 12.3 Å². The Morgan fingerprint density at radius 2 is 2.14 bits per heavy atom. The summed E-state index contributed by atoms with van der Waals surface area (Å²) < 4.78 is 39.3. The van der Waals surface area contributed by atoms with E-state index in [0.717, 1.165) is 16.3 Å². The van der Waals surface area contributed by atoms with Crippen LogP contribution in [0.5, 0.6) is 0 Å². The summed E-state index contributed by atoms with van der Waals surface area (Å²) in [6, 6.07) is 0.808. The first-order chi connectivity index (χ1) is 9.95. The standard InChI is InChI=1S/C12H10F3N5S/c1-7(8-5-21-6-17-8)18-11-9-4-10(12(13,14)15)19-20(9)3-2-16-11/h2-7H,1H3,(H,16,18). The number of nitrogens with one attached hydrogen (secondary N) is 1. The zero-order chi connectivity index (χ0) is 15.0. The van der Waals surface area contributed by atoms with Gasteiger partial charge in [0.2, 0.25) is 0 Å².